The van der Waals surface area contributed by atoms with Crippen LogP contribution in [0.25, 0.3) is 0 Å². The van der Waals surface area contributed by atoms with Crippen molar-refractivity contribution in [1.29, 1.82) is 0 Å². The van der Waals surface area contributed by atoms with Crippen molar-refractivity contribution in [2.45, 2.75) is 26.4 Å². The molecule has 2 N–H and O–H groups in total. The van der Waals surface area contributed by atoms with Gasteiger partial charge in [-0.25, -0.2) is 0 Å². The Labute approximate surface area is 126 Å². The van der Waals surface area contributed by atoms with Crippen LogP contribution in [-0.4, -0.2) is 49.6 Å². The van der Waals surface area contributed by atoms with Crippen LogP contribution in [0.3, 0.4) is 0 Å². The molecule has 0 aliphatic carbocycles. The summed E-state index contributed by atoms with van der Waals surface area (Å²) in [5, 5.41) is 6.21. The molecule has 2 rings (SSSR count). The van der Waals surface area contributed by atoms with Crippen LogP contribution in [0.4, 0.5) is 0 Å². The number of rotatable bonds is 6. The summed E-state index contributed by atoms with van der Waals surface area (Å²) in [5.74, 6) is 0.998. The Kier molecular flexibility index (Phi) is 6.02. The number of ether oxygens (including phenoxy) is 1. The Morgan fingerprint density at radius 1 is 1.38 bits per heavy atom. The average molecular weight is 291 g/mol. The van der Waals surface area contributed by atoms with Crippen LogP contribution in [-0.2, 0) is 11.3 Å². The highest BCUT2D eigenvalue weighted by molar-refractivity contribution is 5.82. The molecule has 0 bridgehead atoms. The molecule has 1 aromatic carbocycles. The summed E-state index contributed by atoms with van der Waals surface area (Å²) >= 11 is 0. The molecule has 0 radical (unpaired) electrons. The second kappa shape index (κ2) is 8.00. The second-order valence-corrected chi connectivity index (χ2v) is 5.16. The van der Waals surface area contributed by atoms with Crippen molar-refractivity contribution >= 4 is 5.91 Å². The highest BCUT2D eigenvalue weighted by Crippen LogP contribution is 2.15. The highest BCUT2D eigenvalue weighted by Gasteiger charge is 2.27. The molecular weight excluding hydrogens is 266 g/mol. The highest BCUT2D eigenvalue weighted by atomic mass is 16.5. The number of amides is 1. The third-order valence-corrected chi connectivity index (χ3v) is 3.63. The Hall–Kier alpha value is -1.59. The van der Waals surface area contributed by atoms with Crippen molar-refractivity contribution in [3.63, 3.8) is 0 Å². The van der Waals surface area contributed by atoms with Gasteiger partial charge in [0.05, 0.1) is 6.61 Å². The van der Waals surface area contributed by atoms with Gasteiger partial charge in [-0.1, -0.05) is 12.1 Å². The lowest BCUT2D eigenvalue weighted by Crippen LogP contribution is -2.57. The predicted molar refractivity (Wildman–Crippen MR) is 83.4 cm³/mol. The number of likely N-dealkylation sites (N-methyl/N-ethyl adjacent to an activating group) is 1. The maximum absolute atomic E-state index is 12.1. The Morgan fingerprint density at radius 2 is 2.14 bits per heavy atom. The molecule has 1 aliphatic heterocycles. The van der Waals surface area contributed by atoms with E-state index in [0.29, 0.717) is 19.7 Å². The number of benzene rings is 1. The molecule has 1 saturated heterocycles. The van der Waals surface area contributed by atoms with Gasteiger partial charge in [-0.05, 0) is 31.5 Å². The SMILES string of the molecule is CCNC(=O)C1CNCCN1Cc1ccc(OCC)cc1. The van der Waals surface area contributed by atoms with Gasteiger partial charge in [0.1, 0.15) is 11.8 Å². The van der Waals surface area contributed by atoms with E-state index in [9.17, 15) is 4.79 Å². The third-order valence-electron chi connectivity index (χ3n) is 3.63. The monoisotopic (exact) mass is 291 g/mol. The van der Waals surface area contributed by atoms with E-state index in [1.165, 1.54) is 5.56 Å². The Balaban J connectivity index is 1.99. The van der Waals surface area contributed by atoms with Gasteiger partial charge in [0, 0.05) is 32.7 Å². The zero-order valence-corrected chi connectivity index (χ0v) is 12.9. The van der Waals surface area contributed by atoms with Crippen LogP contribution in [0.5, 0.6) is 5.75 Å². The molecule has 1 fully saturated rings. The Bertz CT molecular complexity index is 447. The fourth-order valence-corrected chi connectivity index (χ4v) is 2.58. The number of hydrogen-bond donors (Lipinski definition) is 2. The van der Waals surface area contributed by atoms with Crippen molar-refractivity contribution in [3.05, 3.63) is 29.8 Å². The van der Waals surface area contributed by atoms with E-state index >= 15 is 0 Å². The van der Waals surface area contributed by atoms with E-state index in [1.54, 1.807) is 0 Å². The molecule has 1 aliphatic rings. The Morgan fingerprint density at radius 3 is 2.81 bits per heavy atom. The first-order valence-corrected chi connectivity index (χ1v) is 7.68. The van der Waals surface area contributed by atoms with Crippen molar-refractivity contribution in [2.75, 3.05) is 32.8 Å². The van der Waals surface area contributed by atoms with E-state index in [1.807, 2.05) is 26.0 Å². The van der Waals surface area contributed by atoms with E-state index in [2.05, 4.69) is 27.7 Å². The molecule has 1 atom stereocenters. The minimum atomic E-state index is -0.0923. The zero-order valence-electron chi connectivity index (χ0n) is 12.9. The summed E-state index contributed by atoms with van der Waals surface area (Å²) in [6.45, 7) is 8.58. The van der Waals surface area contributed by atoms with E-state index in [-0.39, 0.29) is 11.9 Å². The number of hydrogen-bond acceptors (Lipinski definition) is 4. The topological polar surface area (TPSA) is 53.6 Å². The summed E-state index contributed by atoms with van der Waals surface area (Å²) in [6, 6.07) is 8.03. The molecule has 1 heterocycles. The number of nitrogens with one attached hydrogen (secondary N) is 2. The lowest BCUT2D eigenvalue weighted by Gasteiger charge is -2.35. The summed E-state index contributed by atoms with van der Waals surface area (Å²) in [4.78, 5) is 14.4. The number of piperazine rings is 1. The summed E-state index contributed by atoms with van der Waals surface area (Å²) in [7, 11) is 0. The van der Waals surface area contributed by atoms with E-state index in [0.717, 1.165) is 25.4 Å². The van der Waals surface area contributed by atoms with Crippen LogP contribution < -0.4 is 15.4 Å². The summed E-state index contributed by atoms with van der Waals surface area (Å²) in [5.41, 5.74) is 1.20. The zero-order chi connectivity index (χ0) is 15.1. The average Bonchev–Trinajstić information content (AvgIpc) is 2.50. The van der Waals surface area contributed by atoms with Crippen LogP contribution in [0.15, 0.2) is 24.3 Å². The van der Waals surface area contributed by atoms with Gasteiger partial charge in [-0.3, -0.25) is 9.69 Å². The minimum absolute atomic E-state index is 0.0923. The van der Waals surface area contributed by atoms with Gasteiger partial charge >= 0.3 is 0 Å². The molecule has 21 heavy (non-hydrogen) atoms. The van der Waals surface area contributed by atoms with Crippen LogP contribution in [0, 0.1) is 0 Å². The largest absolute Gasteiger partial charge is 0.494 e. The van der Waals surface area contributed by atoms with Crippen LogP contribution in [0.2, 0.25) is 0 Å². The quantitative estimate of drug-likeness (QED) is 0.821. The molecule has 5 nitrogen and oxygen atoms in total. The van der Waals surface area contributed by atoms with Crippen LogP contribution in [0.1, 0.15) is 19.4 Å². The first kappa shape index (κ1) is 15.8. The molecule has 116 valence electrons. The predicted octanol–water partition coefficient (Wildman–Crippen LogP) is 0.995. The van der Waals surface area contributed by atoms with Crippen molar-refractivity contribution in [3.8, 4) is 5.75 Å². The molecule has 0 saturated carbocycles. The van der Waals surface area contributed by atoms with Gasteiger partial charge in [0.2, 0.25) is 5.91 Å². The molecule has 0 spiro atoms. The van der Waals surface area contributed by atoms with E-state index < -0.39 is 0 Å². The molecule has 1 unspecified atom stereocenters. The summed E-state index contributed by atoms with van der Waals surface area (Å²) < 4.78 is 5.45. The number of carbonyl (C=O) groups excluding carboxylic acids is 1. The van der Waals surface area contributed by atoms with Crippen molar-refractivity contribution < 1.29 is 9.53 Å². The lowest BCUT2D eigenvalue weighted by molar-refractivity contribution is -0.127. The first-order chi connectivity index (χ1) is 10.2. The maximum Gasteiger partial charge on any atom is 0.238 e. The van der Waals surface area contributed by atoms with Gasteiger partial charge < -0.3 is 15.4 Å². The lowest BCUT2D eigenvalue weighted by atomic mass is 10.1. The van der Waals surface area contributed by atoms with Crippen LogP contribution >= 0.6 is 0 Å². The number of carbonyl (C=O) groups is 1. The van der Waals surface area contributed by atoms with Gasteiger partial charge in [0.15, 0.2) is 0 Å². The standard InChI is InChI=1S/C16H25N3O2/c1-3-18-16(20)15-11-17-9-10-19(15)12-13-5-7-14(8-6-13)21-4-2/h5-8,15,17H,3-4,9-12H2,1-2H3,(H,18,20). The molecular formula is C16H25N3O2. The molecule has 5 heteroatoms. The molecule has 1 aromatic rings. The van der Waals surface area contributed by atoms with Gasteiger partial charge in [0.25, 0.3) is 0 Å². The smallest absolute Gasteiger partial charge is 0.238 e. The van der Waals surface area contributed by atoms with E-state index in [4.69, 9.17) is 4.74 Å². The van der Waals surface area contributed by atoms with Crippen molar-refractivity contribution in [2.24, 2.45) is 0 Å². The third kappa shape index (κ3) is 4.44. The maximum atomic E-state index is 12.1. The minimum Gasteiger partial charge on any atom is -0.494 e. The fourth-order valence-electron chi connectivity index (χ4n) is 2.58. The number of nitrogens with zero attached hydrogens (tertiary/aromatic N) is 1. The van der Waals surface area contributed by atoms with Crippen molar-refractivity contribution in [1.82, 2.24) is 15.5 Å². The molecule has 0 aromatic heterocycles. The van der Waals surface area contributed by atoms with Gasteiger partial charge in [-0.2, -0.15) is 0 Å². The fraction of sp³-hybridized carbons (Fsp3) is 0.562. The summed E-state index contributed by atoms with van der Waals surface area (Å²) in [6.07, 6.45) is 0. The molecule has 1 amide bonds. The second-order valence-electron chi connectivity index (χ2n) is 5.16. The normalized spacial score (nSPS) is 19.2. The first-order valence-electron chi connectivity index (χ1n) is 7.68. The van der Waals surface area contributed by atoms with Gasteiger partial charge in [-0.15, -0.1) is 0 Å².